The summed E-state index contributed by atoms with van der Waals surface area (Å²) in [6.07, 6.45) is 2.35. The Balaban J connectivity index is 0.00000208. The summed E-state index contributed by atoms with van der Waals surface area (Å²) in [6, 6.07) is 6.64. The molecule has 2 atom stereocenters. The lowest BCUT2D eigenvalue weighted by molar-refractivity contribution is -0.119. The van der Waals surface area contributed by atoms with Crippen molar-refractivity contribution >= 4 is 24.0 Å². The quantitative estimate of drug-likeness (QED) is 0.891. The van der Waals surface area contributed by atoms with E-state index in [2.05, 4.69) is 10.4 Å². The van der Waals surface area contributed by atoms with Crippen LogP contribution in [0.5, 0.6) is 0 Å². The Morgan fingerprint density at radius 2 is 2.08 bits per heavy atom. The molecule has 2 unspecified atom stereocenters. The number of aryl methyl sites for hydroxylation is 2. The van der Waals surface area contributed by atoms with Crippen LogP contribution in [0.25, 0.3) is 5.69 Å². The predicted octanol–water partition coefficient (Wildman–Crippen LogP) is 3.12. The van der Waals surface area contributed by atoms with Crippen molar-refractivity contribution in [1.29, 1.82) is 0 Å². The van der Waals surface area contributed by atoms with E-state index in [0.29, 0.717) is 17.8 Å². The maximum atomic E-state index is 14.4. The van der Waals surface area contributed by atoms with Crippen molar-refractivity contribution < 1.29 is 9.18 Å². The molecule has 1 aromatic heterocycles. The molecule has 3 rings (SSSR count). The number of aromatic nitrogens is 2. The first-order chi connectivity index (χ1) is 10.9. The number of hydrogen-bond donors (Lipinski definition) is 2. The van der Waals surface area contributed by atoms with Gasteiger partial charge in [0.25, 0.3) is 0 Å². The molecule has 1 amide bonds. The van der Waals surface area contributed by atoms with Gasteiger partial charge in [-0.1, -0.05) is 0 Å². The summed E-state index contributed by atoms with van der Waals surface area (Å²) >= 11 is 0. The van der Waals surface area contributed by atoms with Gasteiger partial charge in [0, 0.05) is 23.3 Å². The summed E-state index contributed by atoms with van der Waals surface area (Å²) in [6.45, 7) is 3.74. The Morgan fingerprint density at radius 3 is 2.62 bits per heavy atom. The highest BCUT2D eigenvalue weighted by Gasteiger charge is 2.27. The number of rotatable bonds is 3. The third-order valence-electron chi connectivity index (χ3n) is 4.30. The van der Waals surface area contributed by atoms with Crippen molar-refractivity contribution in [2.45, 2.75) is 39.2 Å². The summed E-state index contributed by atoms with van der Waals surface area (Å²) in [5.74, 6) is -0.586. The second-order valence-corrected chi connectivity index (χ2v) is 6.26. The van der Waals surface area contributed by atoms with E-state index in [0.717, 1.165) is 24.2 Å². The van der Waals surface area contributed by atoms with Gasteiger partial charge >= 0.3 is 0 Å². The third-order valence-corrected chi connectivity index (χ3v) is 4.30. The average Bonchev–Trinajstić information content (AvgIpc) is 3.05. The Labute approximate surface area is 146 Å². The normalized spacial score (nSPS) is 19.8. The van der Waals surface area contributed by atoms with Crippen LogP contribution in [0.15, 0.2) is 24.3 Å². The molecule has 0 saturated heterocycles. The van der Waals surface area contributed by atoms with Gasteiger partial charge in [-0.15, -0.1) is 12.4 Å². The molecule has 7 heteroatoms. The Morgan fingerprint density at radius 1 is 1.33 bits per heavy atom. The number of nitrogens with zero attached hydrogens (tertiary/aromatic N) is 2. The lowest BCUT2D eigenvalue weighted by Crippen LogP contribution is -2.23. The fourth-order valence-corrected chi connectivity index (χ4v) is 3.13. The predicted molar refractivity (Wildman–Crippen MR) is 94.2 cm³/mol. The number of hydrogen-bond acceptors (Lipinski definition) is 3. The first kappa shape index (κ1) is 18.4. The maximum Gasteiger partial charge on any atom is 0.227 e. The van der Waals surface area contributed by atoms with E-state index in [9.17, 15) is 9.18 Å². The van der Waals surface area contributed by atoms with Gasteiger partial charge in [0.1, 0.15) is 5.69 Å². The zero-order valence-corrected chi connectivity index (χ0v) is 14.6. The molecule has 24 heavy (non-hydrogen) atoms. The van der Waals surface area contributed by atoms with Crippen LogP contribution in [-0.2, 0) is 4.79 Å². The standard InChI is InChI=1S/C17H21FN4O.ClH/c1-10-7-11(2)22(21-10)16-6-5-14(9-15(16)18)20-17(23)12-3-4-13(19)8-12;/h5-7,9,12-13H,3-4,8,19H2,1-2H3,(H,20,23);1H. The first-order valence-corrected chi connectivity index (χ1v) is 7.83. The molecule has 1 aromatic carbocycles. The van der Waals surface area contributed by atoms with Crippen LogP contribution >= 0.6 is 12.4 Å². The highest BCUT2D eigenvalue weighted by molar-refractivity contribution is 5.92. The van der Waals surface area contributed by atoms with Gasteiger partial charge in [-0.3, -0.25) is 4.79 Å². The van der Waals surface area contributed by atoms with E-state index in [1.165, 1.54) is 6.07 Å². The molecular weight excluding hydrogens is 331 g/mol. The number of benzene rings is 1. The molecule has 3 N–H and O–H groups in total. The number of anilines is 1. The van der Waals surface area contributed by atoms with Gasteiger partial charge in [0.2, 0.25) is 5.91 Å². The molecule has 0 spiro atoms. The molecule has 2 aromatic rings. The van der Waals surface area contributed by atoms with Gasteiger partial charge < -0.3 is 11.1 Å². The topological polar surface area (TPSA) is 72.9 Å². The van der Waals surface area contributed by atoms with Crippen LogP contribution in [0.2, 0.25) is 0 Å². The van der Waals surface area contributed by atoms with Crippen molar-refractivity contribution in [3.05, 3.63) is 41.5 Å². The Bertz CT molecular complexity index is 746. The van der Waals surface area contributed by atoms with Crippen molar-refractivity contribution in [3.63, 3.8) is 0 Å². The summed E-state index contributed by atoms with van der Waals surface area (Å²) in [7, 11) is 0. The molecule has 1 saturated carbocycles. The number of nitrogens with two attached hydrogens (primary N) is 1. The van der Waals surface area contributed by atoms with Crippen LogP contribution in [0.3, 0.4) is 0 Å². The molecule has 1 aliphatic carbocycles. The lowest BCUT2D eigenvalue weighted by Gasteiger charge is -2.12. The summed E-state index contributed by atoms with van der Waals surface area (Å²) in [5, 5.41) is 7.06. The molecule has 0 bridgehead atoms. The molecule has 1 heterocycles. The Kier molecular flexibility index (Phi) is 5.62. The number of halogens is 2. The van der Waals surface area contributed by atoms with E-state index in [1.807, 2.05) is 19.9 Å². The Hall–Kier alpha value is -1.92. The second-order valence-electron chi connectivity index (χ2n) is 6.26. The van der Waals surface area contributed by atoms with Gasteiger partial charge in [-0.05, 0) is 57.4 Å². The van der Waals surface area contributed by atoms with Crippen molar-refractivity contribution in [3.8, 4) is 5.69 Å². The van der Waals surface area contributed by atoms with Gasteiger partial charge in [0.15, 0.2) is 5.82 Å². The van der Waals surface area contributed by atoms with E-state index >= 15 is 0 Å². The fraction of sp³-hybridized carbons (Fsp3) is 0.412. The van der Waals surface area contributed by atoms with E-state index in [4.69, 9.17) is 5.73 Å². The fourth-order valence-electron chi connectivity index (χ4n) is 3.13. The highest BCUT2D eigenvalue weighted by atomic mass is 35.5. The zero-order chi connectivity index (χ0) is 16.6. The molecule has 0 aliphatic heterocycles. The van der Waals surface area contributed by atoms with Crippen LogP contribution in [-0.4, -0.2) is 21.7 Å². The van der Waals surface area contributed by atoms with Crippen molar-refractivity contribution in [2.75, 3.05) is 5.32 Å². The highest BCUT2D eigenvalue weighted by Crippen LogP contribution is 2.26. The van der Waals surface area contributed by atoms with Gasteiger partial charge in [0.05, 0.1) is 5.69 Å². The van der Waals surface area contributed by atoms with E-state index in [1.54, 1.807) is 16.8 Å². The zero-order valence-electron chi connectivity index (χ0n) is 13.8. The van der Waals surface area contributed by atoms with Crippen LogP contribution in [0.4, 0.5) is 10.1 Å². The number of carbonyl (C=O) groups excluding carboxylic acids is 1. The van der Waals surface area contributed by atoms with Crippen molar-refractivity contribution in [1.82, 2.24) is 9.78 Å². The van der Waals surface area contributed by atoms with Crippen molar-refractivity contribution in [2.24, 2.45) is 11.7 Å². The van der Waals surface area contributed by atoms with E-state index in [-0.39, 0.29) is 30.3 Å². The lowest BCUT2D eigenvalue weighted by atomic mass is 10.1. The molecule has 0 radical (unpaired) electrons. The molecular formula is C17H22ClFN4O. The number of amides is 1. The minimum absolute atomic E-state index is 0. The smallest absolute Gasteiger partial charge is 0.227 e. The second kappa shape index (κ2) is 7.32. The molecule has 130 valence electrons. The third kappa shape index (κ3) is 3.76. The molecule has 1 aliphatic rings. The maximum absolute atomic E-state index is 14.4. The average molecular weight is 353 g/mol. The van der Waals surface area contributed by atoms with Gasteiger partial charge in [-0.25, -0.2) is 9.07 Å². The van der Waals surface area contributed by atoms with Crippen LogP contribution in [0, 0.1) is 25.6 Å². The first-order valence-electron chi connectivity index (χ1n) is 7.83. The SMILES string of the molecule is Cc1cc(C)n(-c2ccc(NC(=O)C3CCC(N)C3)cc2F)n1.Cl. The minimum Gasteiger partial charge on any atom is -0.328 e. The minimum atomic E-state index is -0.419. The molecule has 5 nitrogen and oxygen atoms in total. The van der Waals surface area contributed by atoms with Crippen LogP contribution < -0.4 is 11.1 Å². The van der Waals surface area contributed by atoms with Crippen LogP contribution in [0.1, 0.15) is 30.7 Å². The monoisotopic (exact) mass is 352 g/mol. The van der Waals surface area contributed by atoms with Gasteiger partial charge in [-0.2, -0.15) is 5.10 Å². The molecule has 1 fully saturated rings. The summed E-state index contributed by atoms with van der Waals surface area (Å²) in [5.41, 5.74) is 8.35. The largest absolute Gasteiger partial charge is 0.328 e. The number of carbonyl (C=O) groups is 1. The number of nitrogens with one attached hydrogen (secondary N) is 1. The van der Waals surface area contributed by atoms with E-state index < -0.39 is 5.82 Å². The summed E-state index contributed by atoms with van der Waals surface area (Å²) in [4.78, 5) is 12.2. The summed E-state index contributed by atoms with van der Waals surface area (Å²) < 4.78 is 15.9.